The molecule has 65 heavy (non-hydrogen) atoms. The maximum absolute atomic E-state index is 9.92. The van der Waals surface area contributed by atoms with Gasteiger partial charge in [-0.3, -0.25) is 0 Å². The van der Waals surface area contributed by atoms with Gasteiger partial charge in [0.2, 0.25) is 0 Å². The number of nitrogen functional groups attached to an aromatic ring is 1. The summed E-state index contributed by atoms with van der Waals surface area (Å²) in [6, 6.07) is 2.42. The van der Waals surface area contributed by atoms with Gasteiger partial charge >= 0.3 is 0 Å². The fourth-order valence-corrected chi connectivity index (χ4v) is 11.9. The van der Waals surface area contributed by atoms with Crippen LogP contribution in [0.3, 0.4) is 0 Å². The van der Waals surface area contributed by atoms with Crippen molar-refractivity contribution in [3.63, 3.8) is 0 Å². The lowest BCUT2D eigenvalue weighted by atomic mass is 10.1. The van der Waals surface area contributed by atoms with Gasteiger partial charge in [0.1, 0.15) is 52.0 Å². The maximum atomic E-state index is 9.92. The van der Waals surface area contributed by atoms with E-state index in [-0.39, 0.29) is 80.4 Å². The molecule has 0 aromatic carbocycles. The van der Waals surface area contributed by atoms with Crippen molar-refractivity contribution in [3.05, 3.63) is 61.1 Å². The molecule has 6 aromatic heterocycles. The van der Waals surface area contributed by atoms with Crippen molar-refractivity contribution < 1.29 is 40.9 Å². The van der Waals surface area contributed by atoms with Crippen molar-refractivity contribution in [1.29, 1.82) is 0 Å². The van der Waals surface area contributed by atoms with Crippen LogP contribution >= 0.6 is 68.4 Å². The number of aliphatic hydroxyl groups excluding tert-OH is 8. The van der Waals surface area contributed by atoms with Crippen LogP contribution in [-0.2, 0) is 0 Å². The third-order valence-electron chi connectivity index (χ3n) is 13.3. The molecule has 4 aliphatic carbocycles. The van der Waals surface area contributed by atoms with Crippen LogP contribution in [0.15, 0.2) is 43.6 Å². The Morgan fingerprint density at radius 2 is 0.954 bits per heavy atom. The molecule has 0 bridgehead atoms. The van der Waals surface area contributed by atoms with Crippen LogP contribution in [0.25, 0.3) is 33.1 Å². The van der Waals surface area contributed by atoms with E-state index in [1.807, 2.05) is 38.4 Å². The van der Waals surface area contributed by atoms with E-state index < -0.39 is 18.3 Å². The molecule has 12 unspecified atom stereocenters. The fraction of sp³-hybridized carbons (Fsp3) is 0.571. The normalized spacial score (nSPS) is 29.7. The predicted octanol–water partition coefficient (Wildman–Crippen LogP) is 3.38. The van der Waals surface area contributed by atoms with E-state index in [0.29, 0.717) is 41.8 Å². The third-order valence-corrected chi connectivity index (χ3v) is 15.5. The molecule has 354 valence electrons. The van der Waals surface area contributed by atoms with Gasteiger partial charge in [0.05, 0.1) is 40.6 Å². The highest BCUT2D eigenvalue weighted by Gasteiger charge is 2.37. The number of hydrogen-bond acceptors (Lipinski definition) is 16. The summed E-state index contributed by atoms with van der Waals surface area (Å²) in [7, 11) is 0. The zero-order valence-electron chi connectivity index (χ0n) is 35.2. The second-order valence-corrected chi connectivity index (χ2v) is 20.4. The van der Waals surface area contributed by atoms with Crippen molar-refractivity contribution in [1.82, 2.24) is 43.6 Å². The molecule has 6 aromatic rings. The van der Waals surface area contributed by atoms with Crippen molar-refractivity contribution in [2.75, 3.05) is 32.2 Å². The summed E-state index contributed by atoms with van der Waals surface area (Å²) < 4.78 is 8.12. The second kappa shape index (κ2) is 22.2. The van der Waals surface area contributed by atoms with E-state index in [2.05, 4.69) is 75.1 Å². The lowest BCUT2D eigenvalue weighted by molar-refractivity contribution is 0.0902. The summed E-state index contributed by atoms with van der Waals surface area (Å²) in [6.45, 7) is 0.121. The van der Waals surface area contributed by atoms with E-state index in [0.717, 1.165) is 65.9 Å². The standard InChI is InChI=1S/C12H13ClIN3O2.C12H14ClN3O2.C12H15IN4O2.C6H13NO2/c13-11-10-8(14)3-17(12(10)16-5-15-11)7-1-6(4-18)9(19)2-7;13-11-9-1-2-16(12(9)15-6-14-11)8-3-7(5-17)10(18)4-8;13-8-3-17(7-1-6(4-18)9(19)2-7)12-10(8)11(14)15-5-16-12;7-5-1-4(3-8)6(9)2-5/h3,5-7,9,18-19H,1-2,4H2;1-2,6-8,10,17-18H,3-5H2;3,5-7,9,18-19H,1-2,4H2,(H2,14,15,16);4-6,8-9H,1-3,7H2. The maximum Gasteiger partial charge on any atom is 0.146 e. The van der Waals surface area contributed by atoms with E-state index in [4.69, 9.17) is 44.9 Å². The molecule has 0 spiro atoms. The minimum Gasteiger partial charge on any atom is -0.396 e. The molecule has 4 aliphatic rings. The van der Waals surface area contributed by atoms with Crippen LogP contribution < -0.4 is 11.5 Å². The molecule has 23 heteroatoms. The van der Waals surface area contributed by atoms with Gasteiger partial charge in [0.25, 0.3) is 0 Å². The number of anilines is 1. The lowest BCUT2D eigenvalue weighted by Crippen LogP contribution is -2.16. The van der Waals surface area contributed by atoms with Crippen molar-refractivity contribution in [2.24, 2.45) is 29.4 Å². The minimum absolute atomic E-state index is 0.0176. The molecule has 0 saturated heterocycles. The summed E-state index contributed by atoms with van der Waals surface area (Å²) in [5.74, 6) is 0.340. The second-order valence-electron chi connectivity index (χ2n) is 17.4. The minimum atomic E-state index is -0.456. The van der Waals surface area contributed by atoms with Gasteiger partial charge in [0.15, 0.2) is 0 Å². The highest BCUT2D eigenvalue weighted by molar-refractivity contribution is 14.1. The summed E-state index contributed by atoms with van der Waals surface area (Å²) in [5, 5.41) is 78.6. The van der Waals surface area contributed by atoms with Crippen molar-refractivity contribution in [3.8, 4) is 0 Å². The van der Waals surface area contributed by atoms with Gasteiger partial charge in [-0.05, 0) is 103 Å². The monoisotopic (exact) mass is 1170 g/mol. The average Bonchev–Trinajstić information content (AvgIpc) is 4.16. The van der Waals surface area contributed by atoms with E-state index in [9.17, 15) is 30.6 Å². The Hall–Kier alpha value is -2.66. The molecule has 4 saturated carbocycles. The number of hydrogen-bond donors (Lipinski definition) is 10. The van der Waals surface area contributed by atoms with Crippen LogP contribution in [0, 0.1) is 30.8 Å². The molecule has 12 N–H and O–H groups in total. The first-order valence-electron chi connectivity index (χ1n) is 21.5. The first-order valence-corrected chi connectivity index (χ1v) is 24.4. The Balaban J connectivity index is 0.000000133. The van der Waals surface area contributed by atoms with E-state index >= 15 is 0 Å². The molecular formula is C42H55Cl2I2N11O8. The highest BCUT2D eigenvalue weighted by atomic mass is 127. The third kappa shape index (κ3) is 11.0. The van der Waals surface area contributed by atoms with E-state index in [1.54, 1.807) is 0 Å². The van der Waals surface area contributed by atoms with Gasteiger partial charge in [0, 0.05) is 100.0 Å². The summed E-state index contributed by atoms with van der Waals surface area (Å²) in [5.41, 5.74) is 13.8. The Morgan fingerprint density at radius 3 is 1.42 bits per heavy atom. The number of aromatic nitrogens is 9. The lowest BCUT2D eigenvalue weighted by Gasteiger charge is -2.12. The topological polar surface area (TPSA) is 306 Å². The van der Waals surface area contributed by atoms with Crippen molar-refractivity contribution >= 4 is 107 Å². The Labute approximate surface area is 411 Å². The van der Waals surface area contributed by atoms with Gasteiger partial charge in [-0.15, -0.1) is 0 Å². The number of nitrogens with two attached hydrogens (primary N) is 2. The van der Waals surface area contributed by atoms with Crippen molar-refractivity contribution in [2.45, 2.75) is 99.9 Å². The SMILES string of the molecule is NC1CC(O)C(CO)C1.Nc1ncnc2c1c(I)cn2C1CC(O)C(CO)C1.OCC1CC(n2cc(I)c3c(Cl)ncnc32)CC1O.OCC1CC(n2ccc3c(Cl)ncnc32)CC1O. The first kappa shape index (κ1) is 50.2. The molecule has 19 nitrogen and oxygen atoms in total. The number of rotatable bonds is 7. The van der Waals surface area contributed by atoms with Gasteiger partial charge in [-0.1, -0.05) is 23.2 Å². The van der Waals surface area contributed by atoms with Crippen LogP contribution in [0.1, 0.15) is 69.5 Å². The molecule has 10 rings (SSSR count). The summed E-state index contributed by atoms with van der Waals surface area (Å²) >= 11 is 16.5. The molecule has 0 aliphatic heterocycles. The molecular weight excluding hydrogens is 1110 g/mol. The summed E-state index contributed by atoms with van der Waals surface area (Å²) in [6.07, 6.45) is 14.1. The number of aliphatic hydroxyl groups is 8. The van der Waals surface area contributed by atoms with Crippen LogP contribution in [0.4, 0.5) is 5.82 Å². The molecule has 4 fully saturated rings. The smallest absolute Gasteiger partial charge is 0.146 e. The molecule has 0 radical (unpaired) electrons. The first-order chi connectivity index (χ1) is 31.2. The predicted molar refractivity (Wildman–Crippen MR) is 261 cm³/mol. The summed E-state index contributed by atoms with van der Waals surface area (Å²) in [4.78, 5) is 24.8. The molecule has 0 amide bonds. The molecule has 6 heterocycles. The van der Waals surface area contributed by atoms with Crippen LogP contribution in [-0.4, -0.2) is 141 Å². The van der Waals surface area contributed by atoms with E-state index in [1.165, 1.54) is 19.0 Å². The van der Waals surface area contributed by atoms with Gasteiger partial charge in [-0.25, -0.2) is 29.9 Å². The quantitative estimate of drug-likeness (QED) is 0.0810. The number of halogens is 4. The Kier molecular flexibility index (Phi) is 17.1. The van der Waals surface area contributed by atoms with Crippen LogP contribution in [0.2, 0.25) is 10.3 Å². The Bertz CT molecular complexity index is 2430. The van der Waals surface area contributed by atoms with Crippen LogP contribution in [0.5, 0.6) is 0 Å². The fourth-order valence-electron chi connectivity index (χ4n) is 9.69. The zero-order chi connectivity index (χ0) is 46.7. The Morgan fingerprint density at radius 1 is 0.538 bits per heavy atom. The largest absolute Gasteiger partial charge is 0.396 e. The molecule has 12 atom stereocenters. The average molecular weight is 1170 g/mol. The van der Waals surface area contributed by atoms with Gasteiger partial charge in [-0.2, -0.15) is 0 Å². The highest BCUT2D eigenvalue weighted by Crippen LogP contribution is 2.41. The number of nitrogens with zero attached hydrogens (tertiary/aromatic N) is 9. The zero-order valence-corrected chi connectivity index (χ0v) is 41.1. The number of fused-ring (bicyclic) bond motifs is 3. The van der Waals surface area contributed by atoms with Gasteiger partial charge < -0.3 is 66.0 Å².